The highest BCUT2D eigenvalue weighted by Gasteiger charge is 2.56. The first-order valence-electron chi connectivity index (χ1n) is 10.4. The number of aliphatic hydroxyl groups excluding tert-OH is 2. The van der Waals surface area contributed by atoms with Crippen molar-refractivity contribution in [2.45, 2.75) is 77.9 Å². The Bertz CT molecular complexity index is 551. The van der Waals surface area contributed by atoms with Crippen LogP contribution in [0, 0.1) is 28.6 Å². The second kappa shape index (κ2) is 9.70. The molecule has 0 saturated heterocycles. The lowest BCUT2D eigenvalue weighted by Gasteiger charge is -2.56. The number of aliphatic carboxylic acids is 1. The molecule has 6 nitrogen and oxygen atoms in total. The van der Waals surface area contributed by atoms with Crippen molar-refractivity contribution in [2.75, 3.05) is 13.7 Å². The van der Waals surface area contributed by atoms with E-state index in [9.17, 15) is 10.2 Å². The summed E-state index contributed by atoms with van der Waals surface area (Å²) in [5.74, 6) is 0.393. The molecule has 0 spiro atoms. The number of fused-ring (bicyclic) bond motifs is 1. The third-order valence-electron chi connectivity index (χ3n) is 8.13. The molecule has 0 aromatic heterocycles. The zero-order valence-corrected chi connectivity index (χ0v) is 18.5. The molecule has 6 heteroatoms. The monoisotopic (exact) mass is 398 g/mol. The third-order valence-corrected chi connectivity index (χ3v) is 8.13. The number of hydrogen-bond acceptors (Lipinski definition) is 5. The average molecular weight is 399 g/mol. The second-order valence-corrected chi connectivity index (χ2v) is 9.43. The van der Waals surface area contributed by atoms with Crippen LogP contribution in [0.25, 0.3) is 0 Å². The van der Waals surface area contributed by atoms with Gasteiger partial charge in [0.05, 0.1) is 6.10 Å². The molecule has 164 valence electrons. The number of nitrogens with one attached hydrogen (secondary N) is 1. The smallest absolute Gasteiger partial charge is 0.0544 e. The van der Waals surface area contributed by atoms with Gasteiger partial charge in [0.2, 0.25) is 0 Å². The predicted octanol–water partition coefficient (Wildman–Crippen LogP) is 2.25. The number of carboxylic acids is 1. The lowest BCUT2D eigenvalue weighted by molar-refractivity contribution is -0.302. The van der Waals surface area contributed by atoms with E-state index in [1.165, 1.54) is 31.3 Å². The minimum absolute atomic E-state index is 0. The molecule has 28 heavy (non-hydrogen) atoms. The first kappa shape index (κ1) is 25.1. The Kier molecular flexibility index (Phi) is 8.69. The third kappa shape index (κ3) is 4.61. The summed E-state index contributed by atoms with van der Waals surface area (Å²) in [6.07, 6.45) is 7.31. The van der Waals surface area contributed by atoms with Gasteiger partial charge in [0.15, 0.2) is 0 Å². The van der Waals surface area contributed by atoms with E-state index in [0.29, 0.717) is 23.3 Å². The summed E-state index contributed by atoms with van der Waals surface area (Å²) in [5.41, 5.74) is 1.88. The summed E-state index contributed by atoms with van der Waals surface area (Å²) < 4.78 is 0. The number of carboxylic acid groups (broad SMARTS) is 1. The van der Waals surface area contributed by atoms with Crippen molar-refractivity contribution in [3.8, 4) is 0 Å². The average Bonchev–Trinajstić information content (AvgIpc) is 2.91. The molecule has 0 aromatic carbocycles. The van der Waals surface area contributed by atoms with Crippen molar-refractivity contribution in [1.29, 1.82) is 0 Å². The van der Waals surface area contributed by atoms with Crippen molar-refractivity contribution in [1.82, 2.24) is 11.5 Å². The largest absolute Gasteiger partial charge is 0.550 e. The zero-order valence-electron chi connectivity index (χ0n) is 18.5. The maximum Gasteiger partial charge on any atom is 0.0544 e. The van der Waals surface area contributed by atoms with Crippen LogP contribution in [0.5, 0.6) is 0 Å². The Balaban J connectivity index is 0.000000717. The van der Waals surface area contributed by atoms with E-state index in [4.69, 9.17) is 9.90 Å². The summed E-state index contributed by atoms with van der Waals surface area (Å²) >= 11 is 0. The molecule has 3 fully saturated rings. The van der Waals surface area contributed by atoms with Crippen LogP contribution in [0.2, 0.25) is 0 Å². The Labute approximate surface area is 170 Å². The van der Waals surface area contributed by atoms with Gasteiger partial charge in [-0.1, -0.05) is 26.0 Å². The van der Waals surface area contributed by atoms with Gasteiger partial charge in [-0.2, -0.15) is 0 Å². The number of rotatable bonds is 3. The van der Waals surface area contributed by atoms with E-state index in [2.05, 4.69) is 32.8 Å². The lowest BCUT2D eigenvalue weighted by Crippen LogP contribution is -2.57. The van der Waals surface area contributed by atoms with Crippen molar-refractivity contribution < 1.29 is 20.1 Å². The highest BCUT2D eigenvalue weighted by Crippen LogP contribution is 2.61. The maximum absolute atomic E-state index is 10.1. The molecule has 0 radical (unpaired) electrons. The molecular weight excluding hydrogens is 356 g/mol. The Morgan fingerprint density at radius 2 is 1.86 bits per heavy atom. The van der Waals surface area contributed by atoms with Crippen LogP contribution in [-0.2, 0) is 4.79 Å². The summed E-state index contributed by atoms with van der Waals surface area (Å²) in [4.78, 5) is 8.89. The standard InChI is InChI=1S/C20H35NO2.C2H4O2.H3N/c1-13-5-6-16-18(21-4)17(8-10-19(13,16)2)20(3)9-7-15(23)11-14(20)12-22;1-2(3)4;/h14-18,21-23H,1,5-12H2,2-4H3;1H3,(H,3,4);1H3/t14-,15+,16?,17?,18-,19+,20+;;/m1../s1. The molecule has 3 aliphatic carbocycles. The zero-order chi connectivity index (χ0) is 20.4. The first-order valence-corrected chi connectivity index (χ1v) is 10.4. The number of hydrogen-bond donors (Lipinski definition) is 4. The Morgan fingerprint density at radius 1 is 1.25 bits per heavy atom. The van der Waals surface area contributed by atoms with Crippen molar-refractivity contribution in [2.24, 2.45) is 28.6 Å². The van der Waals surface area contributed by atoms with Crippen molar-refractivity contribution in [3.05, 3.63) is 12.2 Å². The first-order chi connectivity index (χ1) is 12.6. The van der Waals surface area contributed by atoms with Gasteiger partial charge in [0, 0.05) is 18.6 Å². The number of carbonyl (C=O) groups is 1. The van der Waals surface area contributed by atoms with Gasteiger partial charge < -0.3 is 31.6 Å². The fraction of sp³-hybridized carbons (Fsp3) is 0.864. The van der Waals surface area contributed by atoms with Crippen molar-refractivity contribution >= 4 is 5.97 Å². The predicted molar refractivity (Wildman–Crippen MR) is 111 cm³/mol. The molecule has 2 unspecified atom stereocenters. The molecule has 0 amide bonds. The second-order valence-electron chi connectivity index (χ2n) is 9.43. The van der Waals surface area contributed by atoms with Crippen LogP contribution < -0.4 is 16.6 Å². The summed E-state index contributed by atoms with van der Waals surface area (Å²) in [7, 11) is 2.11. The van der Waals surface area contributed by atoms with Gasteiger partial charge in [0.1, 0.15) is 0 Å². The summed E-state index contributed by atoms with van der Waals surface area (Å²) in [6.45, 7) is 10.3. The quantitative estimate of drug-likeness (QED) is 0.542. The van der Waals surface area contributed by atoms with E-state index < -0.39 is 5.97 Å². The summed E-state index contributed by atoms with van der Waals surface area (Å²) in [6, 6.07) is 0.502. The molecule has 0 aliphatic heterocycles. The molecule has 0 heterocycles. The van der Waals surface area contributed by atoms with Gasteiger partial charge in [-0.25, -0.2) is 0 Å². The van der Waals surface area contributed by atoms with Crippen molar-refractivity contribution in [3.63, 3.8) is 0 Å². The molecule has 7 atom stereocenters. The molecule has 3 saturated carbocycles. The number of carbonyl (C=O) groups excluding carboxylic acids is 1. The molecule has 0 aromatic rings. The molecule has 0 bridgehead atoms. The fourth-order valence-electron chi connectivity index (χ4n) is 6.36. The van der Waals surface area contributed by atoms with Crippen LogP contribution in [0.4, 0.5) is 0 Å². The van der Waals surface area contributed by atoms with Crippen LogP contribution >= 0.6 is 0 Å². The van der Waals surface area contributed by atoms with E-state index in [1.54, 1.807) is 0 Å². The van der Waals surface area contributed by atoms with Crippen LogP contribution in [-0.4, -0.2) is 42.0 Å². The highest BCUT2D eigenvalue weighted by atomic mass is 16.4. The minimum atomic E-state index is -1.08. The fourth-order valence-corrected chi connectivity index (χ4v) is 6.36. The van der Waals surface area contributed by atoms with Crippen LogP contribution in [0.1, 0.15) is 65.7 Å². The highest BCUT2D eigenvalue weighted by molar-refractivity contribution is 5.60. The molecule has 3 aliphatic rings. The number of quaternary nitrogens is 1. The minimum Gasteiger partial charge on any atom is -0.550 e. The van der Waals surface area contributed by atoms with E-state index in [1.807, 2.05) is 0 Å². The van der Waals surface area contributed by atoms with Gasteiger partial charge in [-0.15, -0.1) is 0 Å². The van der Waals surface area contributed by atoms with Gasteiger partial charge in [0.25, 0.3) is 0 Å². The molecule has 7 N–H and O–H groups in total. The van der Waals surface area contributed by atoms with Crippen LogP contribution in [0.3, 0.4) is 0 Å². The Hall–Kier alpha value is -0.950. The maximum atomic E-state index is 10.1. The normalized spacial score (nSPS) is 42.6. The van der Waals surface area contributed by atoms with E-state index >= 15 is 0 Å². The molecule has 3 rings (SSSR count). The summed E-state index contributed by atoms with van der Waals surface area (Å²) in [5, 5.41) is 32.6. The number of aliphatic hydroxyl groups is 2. The number of allylic oxidation sites excluding steroid dienone is 1. The lowest BCUT2D eigenvalue weighted by atomic mass is 9.51. The molecular formula is C22H42N2O4. The SMILES string of the molecule is C=C1CCC2[C@@H](NC)C([C@@]3(C)CC[C@H](O)C[C@@H]3CO)CC[C@@]12C.CC(=O)[O-].[NH4+]. The Morgan fingerprint density at radius 3 is 2.39 bits per heavy atom. The van der Waals surface area contributed by atoms with Gasteiger partial charge in [-0.3, -0.25) is 0 Å². The topological polar surface area (TPSA) is 129 Å². The van der Waals surface area contributed by atoms with Crippen LogP contribution in [0.15, 0.2) is 12.2 Å². The van der Waals surface area contributed by atoms with E-state index in [-0.39, 0.29) is 30.2 Å². The van der Waals surface area contributed by atoms with E-state index in [0.717, 1.165) is 26.2 Å². The van der Waals surface area contributed by atoms with Gasteiger partial charge in [-0.05, 0) is 87.5 Å². The van der Waals surface area contributed by atoms with Gasteiger partial charge >= 0.3 is 0 Å².